The SMILES string of the molecule is C[C@H]1CNCCN1C(=O)c1cccc(COc2cccc(F)c2)c1. The first-order valence-corrected chi connectivity index (χ1v) is 8.12. The maximum absolute atomic E-state index is 13.2. The summed E-state index contributed by atoms with van der Waals surface area (Å²) in [6.45, 7) is 4.68. The van der Waals surface area contributed by atoms with Gasteiger partial charge in [0, 0.05) is 37.3 Å². The largest absolute Gasteiger partial charge is 0.489 e. The van der Waals surface area contributed by atoms with E-state index in [1.165, 1.54) is 12.1 Å². The van der Waals surface area contributed by atoms with E-state index in [9.17, 15) is 9.18 Å². The summed E-state index contributed by atoms with van der Waals surface area (Å²) in [6, 6.07) is 13.6. The molecule has 3 rings (SSSR count). The molecule has 4 nitrogen and oxygen atoms in total. The summed E-state index contributed by atoms with van der Waals surface area (Å²) in [7, 11) is 0. The molecule has 2 aromatic carbocycles. The molecular formula is C19H21FN2O2. The number of hydrogen-bond acceptors (Lipinski definition) is 3. The number of nitrogens with one attached hydrogen (secondary N) is 1. The van der Waals surface area contributed by atoms with E-state index in [1.54, 1.807) is 12.1 Å². The molecule has 0 radical (unpaired) electrons. The number of carbonyl (C=O) groups is 1. The van der Waals surface area contributed by atoms with Crippen LogP contribution in [-0.2, 0) is 6.61 Å². The highest BCUT2D eigenvalue weighted by molar-refractivity contribution is 5.94. The summed E-state index contributed by atoms with van der Waals surface area (Å²) in [5.74, 6) is 0.184. The summed E-state index contributed by atoms with van der Waals surface area (Å²) in [4.78, 5) is 14.6. The van der Waals surface area contributed by atoms with Crippen LogP contribution in [0, 0.1) is 5.82 Å². The topological polar surface area (TPSA) is 41.6 Å². The molecule has 24 heavy (non-hydrogen) atoms. The third kappa shape index (κ3) is 3.92. The molecule has 2 aromatic rings. The number of rotatable bonds is 4. The van der Waals surface area contributed by atoms with Gasteiger partial charge in [-0.25, -0.2) is 4.39 Å². The molecule has 5 heteroatoms. The zero-order valence-electron chi connectivity index (χ0n) is 13.7. The third-order valence-electron chi connectivity index (χ3n) is 4.14. The minimum Gasteiger partial charge on any atom is -0.489 e. The summed E-state index contributed by atoms with van der Waals surface area (Å²) in [5.41, 5.74) is 1.54. The van der Waals surface area contributed by atoms with E-state index in [0.717, 1.165) is 18.7 Å². The minimum absolute atomic E-state index is 0.0385. The number of carbonyl (C=O) groups excluding carboxylic acids is 1. The van der Waals surface area contributed by atoms with Crippen LogP contribution >= 0.6 is 0 Å². The van der Waals surface area contributed by atoms with Gasteiger partial charge in [0.1, 0.15) is 18.2 Å². The van der Waals surface area contributed by atoms with Crippen LogP contribution in [0.1, 0.15) is 22.8 Å². The fourth-order valence-electron chi connectivity index (χ4n) is 2.83. The minimum atomic E-state index is -0.330. The van der Waals surface area contributed by atoms with Crippen molar-refractivity contribution < 1.29 is 13.9 Å². The Bertz CT molecular complexity index is 720. The van der Waals surface area contributed by atoms with Gasteiger partial charge in [0.15, 0.2) is 0 Å². The van der Waals surface area contributed by atoms with E-state index in [4.69, 9.17) is 4.74 Å². The van der Waals surface area contributed by atoms with Crippen molar-refractivity contribution in [2.24, 2.45) is 0 Å². The molecule has 1 saturated heterocycles. The Morgan fingerprint density at radius 3 is 2.92 bits per heavy atom. The highest BCUT2D eigenvalue weighted by atomic mass is 19.1. The van der Waals surface area contributed by atoms with Crippen molar-refractivity contribution in [1.29, 1.82) is 0 Å². The monoisotopic (exact) mass is 328 g/mol. The molecule has 126 valence electrons. The van der Waals surface area contributed by atoms with Gasteiger partial charge in [-0.1, -0.05) is 18.2 Å². The quantitative estimate of drug-likeness (QED) is 0.938. The van der Waals surface area contributed by atoms with Gasteiger partial charge in [-0.05, 0) is 36.8 Å². The molecule has 0 unspecified atom stereocenters. The summed E-state index contributed by atoms with van der Waals surface area (Å²) >= 11 is 0. The van der Waals surface area contributed by atoms with E-state index in [1.807, 2.05) is 36.1 Å². The van der Waals surface area contributed by atoms with Crippen LogP contribution in [0.5, 0.6) is 5.75 Å². The first kappa shape index (κ1) is 16.5. The van der Waals surface area contributed by atoms with E-state index in [-0.39, 0.29) is 17.8 Å². The van der Waals surface area contributed by atoms with Crippen molar-refractivity contribution in [3.8, 4) is 5.75 Å². The molecule has 1 fully saturated rings. The van der Waals surface area contributed by atoms with Gasteiger partial charge in [-0.3, -0.25) is 4.79 Å². The Morgan fingerprint density at radius 2 is 2.12 bits per heavy atom. The molecule has 1 amide bonds. The third-order valence-corrected chi connectivity index (χ3v) is 4.14. The van der Waals surface area contributed by atoms with Crippen LogP contribution < -0.4 is 10.1 Å². The Hall–Kier alpha value is -2.40. The maximum Gasteiger partial charge on any atom is 0.254 e. The van der Waals surface area contributed by atoms with Crippen LogP contribution in [-0.4, -0.2) is 36.5 Å². The molecule has 1 heterocycles. The molecular weight excluding hydrogens is 307 g/mol. The van der Waals surface area contributed by atoms with E-state index in [0.29, 0.717) is 24.5 Å². The molecule has 0 spiro atoms. The second-order valence-electron chi connectivity index (χ2n) is 6.00. The smallest absolute Gasteiger partial charge is 0.254 e. The molecule has 1 aliphatic heterocycles. The molecule has 1 N–H and O–H groups in total. The van der Waals surface area contributed by atoms with Crippen molar-refractivity contribution in [3.05, 3.63) is 65.5 Å². The molecule has 0 aromatic heterocycles. The van der Waals surface area contributed by atoms with Crippen LogP contribution in [0.2, 0.25) is 0 Å². The summed E-state index contributed by atoms with van der Waals surface area (Å²) in [6.07, 6.45) is 0. The molecule has 0 saturated carbocycles. The lowest BCUT2D eigenvalue weighted by Gasteiger charge is -2.34. The van der Waals surface area contributed by atoms with Crippen LogP contribution in [0.3, 0.4) is 0 Å². The number of nitrogens with zero attached hydrogens (tertiary/aromatic N) is 1. The van der Waals surface area contributed by atoms with Crippen LogP contribution in [0.15, 0.2) is 48.5 Å². The average molecular weight is 328 g/mol. The maximum atomic E-state index is 13.2. The van der Waals surface area contributed by atoms with Crippen molar-refractivity contribution in [2.45, 2.75) is 19.6 Å². The Morgan fingerprint density at radius 1 is 1.29 bits per heavy atom. The predicted molar refractivity (Wildman–Crippen MR) is 90.5 cm³/mol. The van der Waals surface area contributed by atoms with Gasteiger partial charge in [-0.2, -0.15) is 0 Å². The number of hydrogen-bond donors (Lipinski definition) is 1. The lowest BCUT2D eigenvalue weighted by atomic mass is 10.1. The van der Waals surface area contributed by atoms with Gasteiger partial charge in [0.2, 0.25) is 0 Å². The summed E-state index contributed by atoms with van der Waals surface area (Å²) < 4.78 is 18.8. The van der Waals surface area contributed by atoms with E-state index < -0.39 is 0 Å². The van der Waals surface area contributed by atoms with Crippen LogP contribution in [0.25, 0.3) is 0 Å². The van der Waals surface area contributed by atoms with Gasteiger partial charge in [0.25, 0.3) is 5.91 Å². The second kappa shape index (κ2) is 7.45. The summed E-state index contributed by atoms with van der Waals surface area (Å²) in [5, 5.41) is 3.28. The Balaban J connectivity index is 1.68. The van der Waals surface area contributed by atoms with Crippen molar-refractivity contribution in [3.63, 3.8) is 0 Å². The van der Waals surface area contributed by atoms with Gasteiger partial charge in [-0.15, -0.1) is 0 Å². The highest BCUT2D eigenvalue weighted by Gasteiger charge is 2.24. The van der Waals surface area contributed by atoms with Gasteiger partial charge in [0.05, 0.1) is 0 Å². The molecule has 1 atom stereocenters. The highest BCUT2D eigenvalue weighted by Crippen LogP contribution is 2.16. The van der Waals surface area contributed by atoms with Crippen molar-refractivity contribution >= 4 is 5.91 Å². The van der Waals surface area contributed by atoms with Crippen molar-refractivity contribution in [1.82, 2.24) is 10.2 Å². The lowest BCUT2D eigenvalue weighted by Crippen LogP contribution is -2.52. The number of piperazine rings is 1. The zero-order valence-corrected chi connectivity index (χ0v) is 13.7. The molecule has 1 aliphatic rings. The van der Waals surface area contributed by atoms with Crippen molar-refractivity contribution in [2.75, 3.05) is 19.6 Å². The predicted octanol–water partition coefficient (Wildman–Crippen LogP) is 2.84. The Labute approximate surface area is 141 Å². The average Bonchev–Trinajstić information content (AvgIpc) is 2.60. The fourth-order valence-corrected chi connectivity index (χ4v) is 2.83. The number of amides is 1. The second-order valence-corrected chi connectivity index (χ2v) is 6.00. The zero-order chi connectivity index (χ0) is 16.9. The Kier molecular flexibility index (Phi) is 5.11. The normalized spacial score (nSPS) is 17.6. The number of ether oxygens (including phenoxy) is 1. The van der Waals surface area contributed by atoms with Crippen LogP contribution in [0.4, 0.5) is 4.39 Å². The van der Waals surface area contributed by atoms with E-state index >= 15 is 0 Å². The fraction of sp³-hybridized carbons (Fsp3) is 0.316. The number of benzene rings is 2. The lowest BCUT2D eigenvalue weighted by molar-refractivity contribution is 0.0655. The van der Waals surface area contributed by atoms with Gasteiger partial charge >= 0.3 is 0 Å². The van der Waals surface area contributed by atoms with Gasteiger partial charge < -0.3 is 15.0 Å². The molecule has 0 aliphatic carbocycles. The van der Waals surface area contributed by atoms with E-state index in [2.05, 4.69) is 5.32 Å². The first-order valence-electron chi connectivity index (χ1n) is 8.12. The molecule has 0 bridgehead atoms. The number of halogens is 1. The standard InChI is InChI=1S/C19H21FN2O2/c1-14-12-21-8-9-22(14)19(23)16-5-2-4-15(10-16)13-24-18-7-3-6-17(20)11-18/h2-7,10-11,14,21H,8-9,12-13H2,1H3/t14-/m0/s1. The first-order chi connectivity index (χ1) is 11.6.